The van der Waals surface area contributed by atoms with Crippen molar-refractivity contribution in [1.82, 2.24) is 9.78 Å². The minimum Gasteiger partial charge on any atom is -0.494 e. The lowest BCUT2D eigenvalue weighted by molar-refractivity contribution is 0.182. The van der Waals surface area contributed by atoms with E-state index in [1.54, 1.807) is 30.1 Å². The van der Waals surface area contributed by atoms with Crippen LogP contribution in [0.2, 0.25) is 0 Å². The average Bonchev–Trinajstić information content (AvgIpc) is 2.85. The van der Waals surface area contributed by atoms with E-state index in [0.29, 0.717) is 18.7 Å². The van der Waals surface area contributed by atoms with E-state index >= 15 is 0 Å². The molecule has 114 valence electrons. The normalized spacial score (nSPS) is 12.4. The van der Waals surface area contributed by atoms with E-state index in [4.69, 9.17) is 15.2 Å². The van der Waals surface area contributed by atoms with Gasteiger partial charge < -0.3 is 15.2 Å². The maximum atomic E-state index is 13.8. The van der Waals surface area contributed by atoms with Crippen LogP contribution >= 0.6 is 15.9 Å². The standard InChI is InChI=1S/C14H17BrFN3O2/c1-20-6-5-19-14(10(15)8-18-19)13(17)9-3-4-12(21-2)11(16)7-9/h3-4,7-8,13H,5-6,17H2,1-2H3. The van der Waals surface area contributed by atoms with Crippen molar-refractivity contribution >= 4 is 15.9 Å². The Kier molecular flexibility index (Phi) is 5.33. The van der Waals surface area contributed by atoms with E-state index in [-0.39, 0.29) is 5.75 Å². The maximum absolute atomic E-state index is 13.8. The molecule has 0 fully saturated rings. The molecule has 2 N–H and O–H groups in total. The van der Waals surface area contributed by atoms with Crippen LogP contribution in [-0.2, 0) is 11.3 Å². The van der Waals surface area contributed by atoms with E-state index in [1.807, 2.05) is 0 Å². The zero-order chi connectivity index (χ0) is 15.4. The van der Waals surface area contributed by atoms with Crippen molar-refractivity contribution in [3.63, 3.8) is 0 Å². The molecule has 0 bridgehead atoms. The number of ether oxygens (including phenoxy) is 2. The monoisotopic (exact) mass is 357 g/mol. The quantitative estimate of drug-likeness (QED) is 0.862. The first-order chi connectivity index (χ1) is 10.1. The Morgan fingerprint density at radius 2 is 2.19 bits per heavy atom. The molecule has 1 aromatic heterocycles. The minimum absolute atomic E-state index is 0.193. The summed E-state index contributed by atoms with van der Waals surface area (Å²) >= 11 is 3.43. The lowest BCUT2D eigenvalue weighted by atomic mass is 10.0. The molecule has 1 atom stereocenters. The number of rotatable bonds is 6. The van der Waals surface area contributed by atoms with Crippen molar-refractivity contribution < 1.29 is 13.9 Å². The molecular weight excluding hydrogens is 341 g/mol. The molecule has 0 aliphatic rings. The molecule has 0 saturated carbocycles. The lowest BCUT2D eigenvalue weighted by Gasteiger charge is -2.16. The number of nitrogens with two attached hydrogens (primary N) is 1. The van der Waals surface area contributed by atoms with Crippen LogP contribution in [0.25, 0.3) is 0 Å². The summed E-state index contributed by atoms with van der Waals surface area (Å²) in [6.45, 7) is 1.09. The van der Waals surface area contributed by atoms with Crippen molar-refractivity contribution in [2.24, 2.45) is 5.73 Å². The maximum Gasteiger partial charge on any atom is 0.165 e. The molecule has 2 rings (SSSR count). The predicted octanol–water partition coefficient (Wildman–Crippen LogP) is 2.49. The van der Waals surface area contributed by atoms with Crippen molar-refractivity contribution in [3.8, 4) is 5.75 Å². The Balaban J connectivity index is 2.33. The fourth-order valence-corrected chi connectivity index (χ4v) is 2.61. The summed E-state index contributed by atoms with van der Waals surface area (Å²) in [4.78, 5) is 0. The highest BCUT2D eigenvalue weighted by atomic mass is 79.9. The van der Waals surface area contributed by atoms with Gasteiger partial charge in [-0.05, 0) is 33.6 Å². The third-order valence-corrected chi connectivity index (χ3v) is 3.78. The highest BCUT2D eigenvalue weighted by molar-refractivity contribution is 9.10. The third kappa shape index (κ3) is 3.42. The third-order valence-electron chi connectivity index (χ3n) is 3.17. The number of hydrogen-bond acceptors (Lipinski definition) is 4. The zero-order valence-electron chi connectivity index (χ0n) is 11.8. The Hall–Kier alpha value is -1.44. The summed E-state index contributed by atoms with van der Waals surface area (Å²) < 4.78 is 26.3. The van der Waals surface area contributed by atoms with Gasteiger partial charge >= 0.3 is 0 Å². The van der Waals surface area contributed by atoms with Crippen LogP contribution in [0, 0.1) is 5.82 Å². The second-order valence-electron chi connectivity index (χ2n) is 4.47. The molecule has 0 aliphatic heterocycles. The summed E-state index contributed by atoms with van der Waals surface area (Å²) in [6.07, 6.45) is 1.67. The molecule has 0 saturated heterocycles. The van der Waals surface area contributed by atoms with Gasteiger partial charge in [0.2, 0.25) is 0 Å². The second kappa shape index (κ2) is 7.02. The molecule has 0 amide bonds. The smallest absolute Gasteiger partial charge is 0.165 e. The SMILES string of the molecule is COCCn1ncc(Br)c1C(N)c1ccc(OC)c(F)c1. The molecule has 2 aromatic rings. The Morgan fingerprint density at radius 1 is 1.43 bits per heavy atom. The topological polar surface area (TPSA) is 62.3 Å². The summed E-state index contributed by atoms with van der Waals surface area (Å²) in [5.41, 5.74) is 7.68. The summed E-state index contributed by atoms with van der Waals surface area (Å²) in [7, 11) is 3.05. The molecule has 1 aromatic carbocycles. The fourth-order valence-electron chi connectivity index (χ4n) is 2.07. The Labute approximate surface area is 131 Å². The van der Waals surface area contributed by atoms with E-state index in [9.17, 15) is 4.39 Å². The van der Waals surface area contributed by atoms with Crippen LogP contribution in [0.15, 0.2) is 28.9 Å². The summed E-state index contributed by atoms with van der Waals surface area (Å²) in [5.74, 6) is -0.248. The Bertz CT molecular complexity index is 618. The van der Waals surface area contributed by atoms with Crippen LogP contribution < -0.4 is 10.5 Å². The second-order valence-corrected chi connectivity index (χ2v) is 5.32. The van der Waals surface area contributed by atoms with Gasteiger partial charge in [-0.2, -0.15) is 5.10 Å². The van der Waals surface area contributed by atoms with Gasteiger partial charge in [0, 0.05) is 7.11 Å². The van der Waals surface area contributed by atoms with Gasteiger partial charge in [0.15, 0.2) is 11.6 Å². The molecule has 0 radical (unpaired) electrons. The van der Waals surface area contributed by atoms with Gasteiger partial charge in [-0.25, -0.2) is 4.39 Å². The first-order valence-electron chi connectivity index (χ1n) is 6.37. The number of halogens is 2. The van der Waals surface area contributed by atoms with Crippen molar-refractivity contribution in [3.05, 3.63) is 45.9 Å². The number of aromatic nitrogens is 2. The minimum atomic E-state index is -0.501. The van der Waals surface area contributed by atoms with Crippen LogP contribution in [0.3, 0.4) is 0 Å². The van der Waals surface area contributed by atoms with Gasteiger partial charge in [-0.15, -0.1) is 0 Å². The molecule has 0 aliphatic carbocycles. The van der Waals surface area contributed by atoms with Gasteiger partial charge in [-0.1, -0.05) is 6.07 Å². The molecule has 1 heterocycles. The highest BCUT2D eigenvalue weighted by Gasteiger charge is 2.19. The molecular formula is C14H17BrFN3O2. The zero-order valence-corrected chi connectivity index (χ0v) is 13.4. The average molecular weight is 358 g/mol. The lowest BCUT2D eigenvalue weighted by Crippen LogP contribution is -2.19. The largest absolute Gasteiger partial charge is 0.494 e. The van der Waals surface area contributed by atoms with E-state index in [1.165, 1.54) is 13.2 Å². The van der Waals surface area contributed by atoms with E-state index < -0.39 is 11.9 Å². The van der Waals surface area contributed by atoms with Gasteiger partial charge in [0.1, 0.15) is 0 Å². The number of hydrogen-bond donors (Lipinski definition) is 1. The Morgan fingerprint density at radius 3 is 2.81 bits per heavy atom. The van der Waals surface area contributed by atoms with Crippen LogP contribution in [0.5, 0.6) is 5.75 Å². The van der Waals surface area contributed by atoms with Gasteiger partial charge in [-0.3, -0.25) is 4.68 Å². The van der Waals surface area contributed by atoms with Crippen LogP contribution in [0.1, 0.15) is 17.3 Å². The number of nitrogens with zero attached hydrogens (tertiary/aromatic N) is 2. The first kappa shape index (κ1) is 15.9. The molecule has 5 nitrogen and oxygen atoms in total. The number of methoxy groups -OCH3 is 2. The molecule has 7 heteroatoms. The first-order valence-corrected chi connectivity index (χ1v) is 7.17. The van der Waals surface area contributed by atoms with Crippen molar-refractivity contribution in [2.45, 2.75) is 12.6 Å². The van der Waals surface area contributed by atoms with Crippen molar-refractivity contribution in [2.75, 3.05) is 20.8 Å². The van der Waals surface area contributed by atoms with Gasteiger partial charge in [0.25, 0.3) is 0 Å². The van der Waals surface area contributed by atoms with Crippen LogP contribution in [-0.4, -0.2) is 30.6 Å². The molecule has 0 spiro atoms. The van der Waals surface area contributed by atoms with Crippen molar-refractivity contribution in [1.29, 1.82) is 0 Å². The fraction of sp³-hybridized carbons (Fsp3) is 0.357. The summed E-state index contributed by atoms with van der Waals surface area (Å²) in [5, 5.41) is 4.25. The molecule has 21 heavy (non-hydrogen) atoms. The summed E-state index contributed by atoms with van der Waals surface area (Å²) in [6, 6.07) is 4.18. The predicted molar refractivity (Wildman–Crippen MR) is 80.8 cm³/mol. The number of benzene rings is 1. The van der Waals surface area contributed by atoms with Gasteiger partial charge in [0.05, 0.1) is 42.7 Å². The van der Waals surface area contributed by atoms with E-state index in [0.717, 1.165) is 10.2 Å². The van der Waals surface area contributed by atoms with E-state index in [2.05, 4.69) is 21.0 Å². The van der Waals surface area contributed by atoms with Crippen LogP contribution in [0.4, 0.5) is 4.39 Å². The highest BCUT2D eigenvalue weighted by Crippen LogP contribution is 2.29. The molecule has 1 unspecified atom stereocenters.